The molecule has 2 N–H and O–H groups in total. The number of carbonyl (C=O) groups excluding carboxylic acids is 1. The van der Waals surface area contributed by atoms with Crippen LogP contribution in [0.1, 0.15) is 31.7 Å². The molecule has 2 rings (SSSR count). The first-order chi connectivity index (χ1) is 12.7. The summed E-state index contributed by atoms with van der Waals surface area (Å²) >= 11 is 0. The van der Waals surface area contributed by atoms with Gasteiger partial charge in [0.25, 0.3) is 0 Å². The van der Waals surface area contributed by atoms with E-state index in [1.807, 2.05) is 6.92 Å². The van der Waals surface area contributed by atoms with Gasteiger partial charge in [0, 0.05) is 19.1 Å². The van der Waals surface area contributed by atoms with Crippen molar-refractivity contribution in [1.29, 1.82) is 0 Å². The van der Waals surface area contributed by atoms with Gasteiger partial charge in [-0.3, -0.25) is 0 Å². The van der Waals surface area contributed by atoms with Gasteiger partial charge in [-0.05, 0) is 37.8 Å². The number of rotatable bonds is 7. The lowest BCUT2D eigenvalue weighted by atomic mass is 10.1. The molecule has 0 aliphatic carbocycles. The zero-order valence-electron chi connectivity index (χ0n) is 15.4. The molecule has 7 nitrogen and oxygen atoms in total. The molecular formula is C17H25F2N3O4S. The van der Waals surface area contributed by atoms with E-state index < -0.39 is 22.7 Å². The Morgan fingerprint density at radius 3 is 2.59 bits per heavy atom. The topological polar surface area (TPSA) is 87.7 Å². The van der Waals surface area contributed by atoms with Gasteiger partial charge in [0.15, 0.2) is 0 Å². The number of ether oxygens (including phenoxy) is 1. The molecule has 1 aliphatic heterocycles. The number of hydrogen-bond donors (Lipinski definition) is 2. The summed E-state index contributed by atoms with van der Waals surface area (Å²) in [5.41, 5.74) is 0.766. The number of piperidine rings is 1. The molecule has 152 valence electrons. The summed E-state index contributed by atoms with van der Waals surface area (Å²) in [4.78, 5) is 12.3. The number of hydrogen-bond acceptors (Lipinski definition) is 4. The molecule has 10 heteroatoms. The van der Waals surface area contributed by atoms with E-state index in [4.69, 9.17) is 0 Å². The largest absolute Gasteiger partial charge is 0.433 e. The first kappa shape index (κ1) is 21.4. The molecule has 1 saturated heterocycles. The Balaban J connectivity index is 1.93. The van der Waals surface area contributed by atoms with Gasteiger partial charge < -0.3 is 15.4 Å². The van der Waals surface area contributed by atoms with E-state index in [1.54, 1.807) is 19.1 Å². The first-order valence-electron chi connectivity index (χ1n) is 8.82. The molecule has 0 spiro atoms. The SMILES string of the molecule is CCCS(=O)(=O)N1CCC(NC(=O)Nc2c(C)cccc2OC(F)F)CC1. The van der Waals surface area contributed by atoms with Gasteiger partial charge in [-0.15, -0.1) is 0 Å². The van der Waals surface area contributed by atoms with Gasteiger partial charge in [-0.1, -0.05) is 19.1 Å². The highest BCUT2D eigenvalue weighted by Crippen LogP contribution is 2.29. The summed E-state index contributed by atoms with van der Waals surface area (Å²) in [6, 6.07) is 3.85. The summed E-state index contributed by atoms with van der Waals surface area (Å²) in [6.45, 7) is 1.18. The number of carbonyl (C=O) groups is 1. The van der Waals surface area contributed by atoms with Crippen molar-refractivity contribution in [2.45, 2.75) is 45.8 Å². The number of halogens is 2. The van der Waals surface area contributed by atoms with Gasteiger partial charge >= 0.3 is 12.6 Å². The van der Waals surface area contributed by atoms with Crippen molar-refractivity contribution in [3.05, 3.63) is 23.8 Å². The quantitative estimate of drug-likeness (QED) is 0.730. The Morgan fingerprint density at radius 2 is 2.00 bits per heavy atom. The molecule has 27 heavy (non-hydrogen) atoms. The van der Waals surface area contributed by atoms with Gasteiger partial charge in [-0.25, -0.2) is 17.5 Å². The lowest BCUT2D eigenvalue weighted by Gasteiger charge is -2.31. The Kier molecular flexibility index (Phi) is 7.37. The molecule has 0 aromatic heterocycles. The number of sulfonamides is 1. The fraction of sp³-hybridized carbons (Fsp3) is 0.588. The zero-order chi connectivity index (χ0) is 20.0. The Bertz CT molecular complexity index is 751. The van der Waals surface area contributed by atoms with Crippen LogP contribution in [0.5, 0.6) is 5.75 Å². The number of anilines is 1. The number of para-hydroxylation sites is 1. The number of alkyl halides is 2. The Hall–Kier alpha value is -1.94. The van der Waals surface area contributed by atoms with Crippen molar-refractivity contribution in [1.82, 2.24) is 9.62 Å². The van der Waals surface area contributed by atoms with Crippen LogP contribution in [0.2, 0.25) is 0 Å². The number of nitrogens with zero attached hydrogens (tertiary/aromatic N) is 1. The monoisotopic (exact) mass is 405 g/mol. The average Bonchev–Trinajstić information content (AvgIpc) is 2.58. The molecule has 0 radical (unpaired) electrons. The second-order valence-corrected chi connectivity index (χ2v) is 8.50. The standard InChI is InChI=1S/C17H25F2N3O4S/c1-3-11-27(24,25)22-9-7-13(8-10-22)20-17(23)21-15-12(2)5-4-6-14(15)26-16(18)19/h4-6,13,16H,3,7-11H2,1-2H3,(H2,20,21,23). The minimum Gasteiger partial charge on any atom is -0.433 e. The second kappa shape index (κ2) is 9.32. The molecule has 0 unspecified atom stereocenters. The first-order valence-corrected chi connectivity index (χ1v) is 10.4. The maximum Gasteiger partial charge on any atom is 0.387 e. The lowest BCUT2D eigenvalue weighted by Crippen LogP contribution is -2.48. The van der Waals surface area contributed by atoms with E-state index in [1.165, 1.54) is 10.4 Å². The van der Waals surface area contributed by atoms with Crippen LogP contribution in [0.4, 0.5) is 19.3 Å². The summed E-state index contributed by atoms with van der Waals surface area (Å²) in [5, 5.41) is 5.32. The van der Waals surface area contributed by atoms with Gasteiger partial charge in [-0.2, -0.15) is 8.78 Å². The molecule has 1 aromatic rings. The van der Waals surface area contributed by atoms with Crippen molar-refractivity contribution in [3.63, 3.8) is 0 Å². The van der Waals surface area contributed by atoms with Crippen LogP contribution in [0.25, 0.3) is 0 Å². The molecule has 0 saturated carbocycles. The molecule has 1 fully saturated rings. The van der Waals surface area contributed by atoms with Crippen LogP contribution in [-0.4, -0.2) is 50.2 Å². The number of aryl methyl sites for hydroxylation is 1. The van der Waals surface area contributed by atoms with Crippen LogP contribution in [0.3, 0.4) is 0 Å². The number of amides is 2. The highest BCUT2D eigenvalue weighted by atomic mass is 32.2. The van der Waals surface area contributed by atoms with Crippen LogP contribution in [0.15, 0.2) is 18.2 Å². The fourth-order valence-electron chi connectivity index (χ4n) is 3.00. The van der Waals surface area contributed by atoms with E-state index >= 15 is 0 Å². The van der Waals surface area contributed by atoms with Gasteiger partial charge in [0.2, 0.25) is 10.0 Å². The average molecular weight is 405 g/mol. The van der Waals surface area contributed by atoms with E-state index in [0.29, 0.717) is 37.9 Å². The van der Waals surface area contributed by atoms with Gasteiger partial charge in [0.05, 0.1) is 11.4 Å². The fourth-order valence-corrected chi connectivity index (χ4v) is 4.54. The molecular weight excluding hydrogens is 380 g/mol. The van der Waals surface area contributed by atoms with E-state index in [-0.39, 0.29) is 23.2 Å². The number of nitrogens with one attached hydrogen (secondary N) is 2. The molecule has 0 bridgehead atoms. The molecule has 1 aliphatic rings. The third kappa shape index (κ3) is 6.03. The van der Waals surface area contributed by atoms with Crippen molar-refractivity contribution in [2.75, 3.05) is 24.2 Å². The maximum absolute atomic E-state index is 12.5. The normalized spacial score (nSPS) is 16.3. The predicted octanol–water partition coefficient (Wildman–Crippen LogP) is 2.92. The number of benzene rings is 1. The zero-order valence-corrected chi connectivity index (χ0v) is 16.2. The van der Waals surface area contributed by atoms with E-state index in [2.05, 4.69) is 15.4 Å². The van der Waals surface area contributed by atoms with Crippen LogP contribution in [0, 0.1) is 6.92 Å². The van der Waals surface area contributed by atoms with Crippen LogP contribution < -0.4 is 15.4 Å². The highest BCUT2D eigenvalue weighted by Gasteiger charge is 2.28. The second-order valence-electron chi connectivity index (χ2n) is 6.41. The minimum atomic E-state index is -3.24. The Labute approximate surface area is 158 Å². The Morgan fingerprint density at radius 1 is 1.33 bits per heavy atom. The minimum absolute atomic E-state index is 0.111. The summed E-state index contributed by atoms with van der Waals surface area (Å²) < 4.78 is 55.1. The smallest absolute Gasteiger partial charge is 0.387 e. The van der Waals surface area contributed by atoms with Crippen molar-refractivity contribution < 1.29 is 26.7 Å². The van der Waals surface area contributed by atoms with Gasteiger partial charge in [0.1, 0.15) is 5.75 Å². The summed E-state index contributed by atoms with van der Waals surface area (Å²) in [7, 11) is -3.24. The highest BCUT2D eigenvalue weighted by molar-refractivity contribution is 7.89. The summed E-state index contributed by atoms with van der Waals surface area (Å²) in [6.07, 6.45) is 1.54. The molecule has 2 amide bonds. The number of urea groups is 1. The molecule has 1 heterocycles. The summed E-state index contributed by atoms with van der Waals surface area (Å²) in [5.74, 6) is 0.00632. The maximum atomic E-state index is 12.5. The third-order valence-corrected chi connectivity index (χ3v) is 6.41. The van der Waals surface area contributed by atoms with E-state index in [9.17, 15) is 22.0 Å². The predicted molar refractivity (Wildman–Crippen MR) is 98.6 cm³/mol. The molecule has 1 aromatic carbocycles. The van der Waals surface area contributed by atoms with E-state index in [0.717, 1.165) is 0 Å². The molecule has 0 atom stereocenters. The van der Waals surface area contributed by atoms with Crippen LogP contribution >= 0.6 is 0 Å². The van der Waals surface area contributed by atoms with Crippen molar-refractivity contribution in [2.24, 2.45) is 0 Å². The van der Waals surface area contributed by atoms with Crippen molar-refractivity contribution >= 4 is 21.7 Å². The van der Waals surface area contributed by atoms with Crippen LogP contribution in [-0.2, 0) is 10.0 Å². The van der Waals surface area contributed by atoms with Crippen molar-refractivity contribution in [3.8, 4) is 5.75 Å². The third-order valence-electron chi connectivity index (χ3n) is 4.33. The lowest BCUT2D eigenvalue weighted by molar-refractivity contribution is -0.0493.